The SMILES string of the molecule is Cc1ncc2nc(C(F)(F)F)cn2c1Br. The highest BCUT2D eigenvalue weighted by Gasteiger charge is 2.34. The lowest BCUT2D eigenvalue weighted by atomic mass is 10.5. The number of fused-ring (bicyclic) bond motifs is 1. The summed E-state index contributed by atoms with van der Waals surface area (Å²) in [5.74, 6) is 0. The molecular formula is C8H5BrF3N3. The average Bonchev–Trinajstić information content (AvgIpc) is 2.55. The minimum absolute atomic E-state index is 0.166. The van der Waals surface area contributed by atoms with E-state index in [4.69, 9.17) is 0 Å². The summed E-state index contributed by atoms with van der Waals surface area (Å²) in [7, 11) is 0. The van der Waals surface area contributed by atoms with Gasteiger partial charge in [-0.15, -0.1) is 0 Å². The Kier molecular flexibility index (Phi) is 2.22. The summed E-state index contributed by atoms with van der Waals surface area (Å²) in [5, 5.41) is 0. The van der Waals surface area contributed by atoms with E-state index in [-0.39, 0.29) is 5.65 Å². The first-order valence-corrected chi connectivity index (χ1v) is 4.76. The molecule has 0 amide bonds. The largest absolute Gasteiger partial charge is 0.434 e. The van der Waals surface area contributed by atoms with Crippen LogP contribution in [0.15, 0.2) is 17.0 Å². The number of hydrogen-bond acceptors (Lipinski definition) is 2. The Bertz CT molecular complexity index is 518. The minimum atomic E-state index is -4.43. The summed E-state index contributed by atoms with van der Waals surface area (Å²) in [6.07, 6.45) is -2.19. The number of aromatic nitrogens is 3. The fraction of sp³-hybridized carbons (Fsp3) is 0.250. The van der Waals surface area contributed by atoms with Gasteiger partial charge in [0.05, 0.1) is 11.9 Å². The van der Waals surface area contributed by atoms with Crippen LogP contribution >= 0.6 is 15.9 Å². The topological polar surface area (TPSA) is 30.2 Å². The second-order valence-corrected chi connectivity index (χ2v) is 3.74. The van der Waals surface area contributed by atoms with Crippen molar-refractivity contribution >= 4 is 21.6 Å². The van der Waals surface area contributed by atoms with E-state index in [2.05, 4.69) is 25.9 Å². The van der Waals surface area contributed by atoms with Crippen molar-refractivity contribution in [2.45, 2.75) is 13.1 Å². The Morgan fingerprint density at radius 2 is 2.07 bits per heavy atom. The summed E-state index contributed by atoms with van der Waals surface area (Å²) in [5.41, 5.74) is -0.149. The van der Waals surface area contributed by atoms with Crippen LogP contribution in [0.4, 0.5) is 13.2 Å². The van der Waals surface area contributed by atoms with Crippen molar-refractivity contribution in [3.05, 3.63) is 28.4 Å². The van der Waals surface area contributed by atoms with Crippen molar-refractivity contribution in [2.75, 3.05) is 0 Å². The Balaban J connectivity index is 2.72. The molecule has 0 atom stereocenters. The Morgan fingerprint density at radius 3 is 2.67 bits per heavy atom. The molecule has 3 nitrogen and oxygen atoms in total. The molecule has 0 fully saturated rings. The van der Waals surface area contributed by atoms with Crippen molar-refractivity contribution in [3.63, 3.8) is 0 Å². The molecule has 7 heteroatoms. The van der Waals surface area contributed by atoms with E-state index in [1.165, 1.54) is 10.6 Å². The van der Waals surface area contributed by atoms with E-state index in [0.29, 0.717) is 10.3 Å². The lowest BCUT2D eigenvalue weighted by Crippen LogP contribution is -2.04. The lowest BCUT2D eigenvalue weighted by molar-refractivity contribution is -0.140. The van der Waals surface area contributed by atoms with Gasteiger partial charge in [0.25, 0.3) is 0 Å². The maximum absolute atomic E-state index is 12.3. The Labute approximate surface area is 91.1 Å². The third kappa shape index (κ3) is 1.71. The third-order valence-corrected chi connectivity index (χ3v) is 2.86. The first-order valence-electron chi connectivity index (χ1n) is 3.97. The quantitative estimate of drug-likeness (QED) is 0.742. The van der Waals surface area contributed by atoms with Gasteiger partial charge in [0.15, 0.2) is 11.3 Å². The molecule has 2 rings (SSSR count). The summed E-state index contributed by atoms with van der Waals surface area (Å²) in [4.78, 5) is 7.34. The molecule has 2 heterocycles. The zero-order valence-corrected chi connectivity index (χ0v) is 9.09. The summed E-state index contributed by atoms with van der Waals surface area (Å²) < 4.78 is 38.8. The molecule has 0 aromatic carbocycles. The molecule has 0 aliphatic rings. The van der Waals surface area contributed by atoms with Gasteiger partial charge in [-0.2, -0.15) is 13.2 Å². The molecule has 0 aliphatic heterocycles. The fourth-order valence-electron chi connectivity index (χ4n) is 1.16. The first kappa shape index (κ1) is 10.4. The zero-order chi connectivity index (χ0) is 11.2. The van der Waals surface area contributed by atoms with E-state index < -0.39 is 11.9 Å². The third-order valence-electron chi connectivity index (χ3n) is 1.91. The molecule has 0 bridgehead atoms. The predicted molar refractivity (Wildman–Crippen MR) is 50.4 cm³/mol. The van der Waals surface area contributed by atoms with Crippen molar-refractivity contribution in [2.24, 2.45) is 0 Å². The van der Waals surface area contributed by atoms with Crippen LogP contribution in [0.2, 0.25) is 0 Å². The van der Waals surface area contributed by atoms with Gasteiger partial charge in [-0.1, -0.05) is 0 Å². The highest BCUT2D eigenvalue weighted by Crippen LogP contribution is 2.29. The number of halogens is 4. The highest BCUT2D eigenvalue weighted by atomic mass is 79.9. The van der Waals surface area contributed by atoms with Gasteiger partial charge >= 0.3 is 6.18 Å². The van der Waals surface area contributed by atoms with Gasteiger partial charge in [-0.05, 0) is 22.9 Å². The first-order chi connectivity index (χ1) is 6.89. The highest BCUT2D eigenvalue weighted by molar-refractivity contribution is 9.10. The van der Waals surface area contributed by atoms with Crippen LogP contribution in [0.3, 0.4) is 0 Å². The van der Waals surface area contributed by atoms with Crippen LogP contribution in [-0.2, 0) is 6.18 Å². The van der Waals surface area contributed by atoms with Gasteiger partial charge in [0, 0.05) is 6.20 Å². The zero-order valence-electron chi connectivity index (χ0n) is 7.51. The number of hydrogen-bond donors (Lipinski definition) is 0. The molecule has 0 N–H and O–H groups in total. The van der Waals surface area contributed by atoms with Crippen molar-refractivity contribution in [3.8, 4) is 0 Å². The normalized spacial score (nSPS) is 12.3. The predicted octanol–water partition coefficient (Wildman–Crippen LogP) is 2.82. The monoisotopic (exact) mass is 279 g/mol. The van der Waals surface area contributed by atoms with Crippen molar-refractivity contribution < 1.29 is 13.2 Å². The van der Waals surface area contributed by atoms with Crippen LogP contribution in [0.5, 0.6) is 0 Å². The second-order valence-electron chi connectivity index (χ2n) is 2.99. The minimum Gasteiger partial charge on any atom is -0.290 e. The van der Waals surface area contributed by atoms with E-state index in [1.807, 2.05) is 0 Å². The molecule has 0 spiro atoms. The fourth-order valence-corrected chi connectivity index (χ4v) is 1.55. The Morgan fingerprint density at radius 1 is 1.40 bits per heavy atom. The van der Waals surface area contributed by atoms with Crippen LogP contribution in [0.1, 0.15) is 11.4 Å². The molecule has 0 aliphatic carbocycles. The molecule has 0 unspecified atom stereocenters. The number of alkyl halides is 3. The van der Waals surface area contributed by atoms with Crippen LogP contribution in [0.25, 0.3) is 5.65 Å². The smallest absolute Gasteiger partial charge is 0.290 e. The molecule has 0 saturated carbocycles. The van der Waals surface area contributed by atoms with Gasteiger partial charge in [0.1, 0.15) is 4.60 Å². The Hall–Kier alpha value is -1.11. The van der Waals surface area contributed by atoms with Crippen molar-refractivity contribution in [1.29, 1.82) is 0 Å². The lowest BCUT2D eigenvalue weighted by Gasteiger charge is -1.99. The maximum Gasteiger partial charge on any atom is 0.434 e. The standard InChI is InChI=1S/C8H5BrF3N3/c1-4-7(9)15-3-5(8(10,11)12)14-6(15)2-13-4/h2-3H,1H3. The van der Waals surface area contributed by atoms with Crippen molar-refractivity contribution in [1.82, 2.24) is 14.4 Å². The van der Waals surface area contributed by atoms with Gasteiger partial charge < -0.3 is 0 Å². The van der Waals surface area contributed by atoms with Crippen LogP contribution in [0, 0.1) is 6.92 Å². The van der Waals surface area contributed by atoms with E-state index in [0.717, 1.165) is 6.20 Å². The summed E-state index contributed by atoms with van der Waals surface area (Å²) >= 11 is 3.15. The molecule has 80 valence electrons. The van der Waals surface area contributed by atoms with Gasteiger partial charge in [-0.25, -0.2) is 4.98 Å². The number of aryl methyl sites for hydroxylation is 1. The molecule has 0 saturated heterocycles. The van der Waals surface area contributed by atoms with Crippen LogP contribution in [-0.4, -0.2) is 14.4 Å². The molecule has 0 radical (unpaired) electrons. The number of imidazole rings is 1. The van der Waals surface area contributed by atoms with E-state index in [1.54, 1.807) is 6.92 Å². The number of rotatable bonds is 0. The van der Waals surface area contributed by atoms with E-state index >= 15 is 0 Å². The molecule has 15 heavy (non-hydrogen) atoms. The average molecular weight is 280 g/mol. The van der Waals surface area contributed by atoms with Gasteiger partial charge in [-0.3, -0.25) is 9.38 Å². The van der Waals surface area contributed by atoms with Crippen LogP contribution < -0.4 is 0 Å². The number of nitrogens with zero attached hydrogens (tertiary/aromatic N) is 3. The van der Waals surface area contributed by atoms with Gasteiger partial charge in [0.2, 0.25) is 0 Å². The van der Waals surface area contributed by atoms with E-state index in [9.17, 15) is 13.2 Å². The summed E-state index contributed by atoms with van der Waals surface area (Å²) in [6.45, 7) is 1.69. The summed E-state index contributed by atoms with van der Waals surface area (Å²) in [6, 6.07) is 0. The second kappa shape index (κ2) is 3.19. The molecule has 2 aromatic rings. The molecule has 2 aromatic heterocycles. The maximum atomic E-state index is 12.3. The molecular weight excluding hydrogens is 275 g/mol.